The lowest BCUT2D eigenvalue weighted by molar-refractivity contribution is 0.157. The molecule has 0 spiro atoms. The van der Waals surface area contributed by atoms with Gasteiger partial charge in [-0.25, -0.2) is 24.6 Å². The highest BCUT2D eigenvalue weighted by Crippen LogP contribution is 2.05. The van der Waals surface area contributed by atoms with Crippen LogP contribution < -0.4 is 0 Å². The van der Waals surface area contributed by atoms with E-state index in [-0.39, 0.29) is 0 Å². The summed E-state index contributed by atoms with van der Waals surface area (Å²) in [6, 6.07) is 1.70. The Balaban J connectivity index is 2.02. The monoisotopic (exact) mass is 285 g/mol. The number of hydrogen-bond donors (Lipinski definition) is 0. The highest BCUT2D eigenvalue weighted by molar-refractivity contribution is 5.97. The Hall–Kier alpha value is -3.17. The molecule has 3 heterocycles. The van der Waals surface area contributed by atoms with Gasteiger partial charge in [-0.15, -0.1) is 0 Å². The van der Waals surface area contributed by atoms with E-state index in [1.807, 2.05) is 6.92 Å². The molecule has 3 aromatic rings. The van der Waals surface area contributed by atoms with Crippen molar-refractivity contribution in [3.63, 3.8) is 0 Å². The number of rotatable bonds is 4. The van der Waals surface area contributed by atoms with Gasteiger partial charge >= 0.3 is 0 Å². The van der Waals surface area contributed by atoms with E-state index >= 15 is 0 Å². The molecule has 0 amide bonds. The van der Waals surface area contributed by atoms with Crippen LogP contribution in [0, 0.1) is 0 Å². The Kier molecular flexibility index (Phi) is 3.58. The van der Waals surface area contributed by atoms with E-state index in [1.54, 1.807) is 12.4 Å². The summed E-state index contributed by atoms with van der Waals surface area (Å²) in [5, 5.41) is 12.1. The zero-order chi connectivity index (χ0) is 14.5. The van der Waals surface area contributed by atoms with Gasteiger partial charge in [-0.1, -0.05) is 5.16 Å². The third-order valence-corrected chi connectivity index (χ3v) is 2.45. The van der Waals surface area contributed by atoms with Crippen molar-refractivity contribution in [2.45, 2.75) is 6.92 Å². The average Bonchev–Trinajstić information content (AvgIpc) is 3.22. The fourth-order valence-corrected chi connectivity index (χ4v) is 1.57. The molecule has 0 aromatic carbocycles. The van der Waals surface area contributed by atoms with Crippen molar-refractivity contribution in [1.82, 2.24) is 39.5 Å². The number of nitrogens with zero attached hydrogens (tertiary/aromatic N) is 9. The van der Waals surface area contributed by atoms with Crippen LogP contribution in [0.15, 0.2) is 42.9 Å². The predicted octanol–water partition coefficient (Wildman–Crippen LogP) is -0.105. The fourth-order valence-electron chi connectivity index (χ4n) is 1.57. The van der Waals surface area contributed by atoms with Gasteiger partial charge in [-0.3, -0.25) is 0 Å². The van der Waals surface area contributed by atoms with Crippen LogP contribution in [-0.2, 0) is 4.84 Å². The van der Waals surface area contributed by atoms with E-state index in [9.17, 15) is 0 Å². The van der Waals surface area contributed by atoms with Crippen LogP contribution in [0.1, 0.15) is 12.6 Å². The lowest BCUT2D eigenvalue weighted by atomic mass is 10.3. The fraction of sp³-hybridized carbons (Fsp3) is 0.182. The van der Waals surface area contributed by atoms with Crippen molar-refractivity contribution >= 4 is 5.84 Å². The van der Waals surface area contributed by atoms with E-state index < -0.39 is 0 Å². The number of hydrogen-bond acceptors (Lipinski definition) is 8. The van der Waals surface area contributed by atoms with Crippen molar-refractivity contribution in [2.75, 3.05) is 6.61 Å². The maximum Gasteiger partial charge on any atom is 0.220 e. The van der Waals surface area contributed by atoms with Crippen molar-refractivity contribution in [3.8, 4) is 5.82 Å². The Labute approximate surface area is 119 Å². The minimum Gasteiger partial charge on any atom is -0.394 e. The molecule has 106 valence electrons. The van der Waals surface area contributed by atoms with E-state index in [0.29, 0.717) is 24.0 Å². The summed E-state index contributed by atoms with van der Waals surface area (Å²) >= 11 is 0. The van der Waals surface area contributed by atoms with Gasteiger partial charge in [0.05, 0.1) is 0 Å². The summed E-state index contributed by atoms with van der Waals surface area (Å²) in [5.74, 6) is 0.958. The summed E-state index contributed by atoms with van der Waals surface area (Å²) in [6.45, 7) is 2.27. The van der Waals surface area contributed by atoms with E-state index in [4.69, 9.17) is 4.84 Å². The summed E-state index contributed by atoms with van der Waals surface area (Å²) < 4.78 is 2.98. The van der Waals surface area contributed by atoms with Gasteiger partial charge in [-0.05, 0) is 6.92 Å². The third kappa shape index (κ3) is 2.73. The average molecular weight is 285 g/mol. The molecule has 0 aliphatic carbocycles. The van der Waals surface area contributed by atoms with Crippen LogP contribution >= 0.6 is 0 Å². The molecule has 0 aliphatic heterocycles. The third-order valence-electron chi connectivity index (χ3n) is 2.45. The molecular formula is C11H11N9O. The van der Waals surface area contributed by atoms with Crippen molar-refractivity contribution in [1.29, 1.82) is 0 Å². The van der Waals surface area contributed by atoms with Gasteiger partial charge in [0.15, 0.2) is 5.82 Å². The summed E-state index contributed by atoms with van der Waals surface area (Å²) in [7, 11) is 0. The van der Waals surface area contributed by atoms with Crippen LogP contribution in [0.25, 0.3) is 5.82 Å². The van der Waals surface area contributed by atoms with Crippen molar-refractivity contribution in [2.24, 2.45) is 5.16 Å². The second-order valence-corrected chi connectivity index (χ2v) is 3.77. The molecule has 0 N–H and O–H groups in total. The maximum atomic E-state index is 5.11. The SMILES string of the molecule is CCON=C(c1cc(-n2cncn2)ncn1)n1cncn1. The van der Waals surface area contributed by atoms with Gasteiger partial charge in [0.2, 0.25) is 5.84 Å². The molecule has 0 saturated carbocycles. The quantitative estimate of drug-likeness (QED) is 0.374. The van der Waals surface area contributed by atoms with Crippen LogP contribution in [0.4, 0.5) is 0 Å². The first-order valence-electron chi connectivity index (χ1n) is 6.11. The zero-order valence-corrected chi connectivity index (χ0v) is 11.1. The topological polar surface area (TPSA) is 109 Å². The van der Waals surface area contributed by atoms with Gasteiger partial charge in [0, 0.05) is 6.07 Å². The molecule has 0 bridgehead atoms. The minimum absolute atomic E-state index is 0.401. The summed E-state index contributed by atoms with van der Waals surface area (Å²) in [5.41, 5.74) is 0.523. The van der Waals surface area contributed by atoms with Crippen LogP contribution in [0.3, 0.4) is 0 Å². The minimum atomic E-state index is 0.401. The second kappa shape index (κ2) is 5.86. The standard InChI is InChI=1S/C11H11N9O/c1-2-21-18-11(20-8-13-5-17-20)9-3-10(15-6-14-9)19-7-12-4-16-19/h3-8H,2H2,1H3. The molecule has 0 aliphatic rings. The zero-order valence-electron chi connectivity index (χ0n) is 11.1. The first-order chi connectivity index (χ1) is 10.4. The van der Waals surface area contributed by atoms with Crippen molar-refractivity contribution < 1.29 is 4.84 Å². The summed E-state index contributed by atoms with van der Waals surface area (Å²) in [6.07, 6.45) is 7.29. The molecule has 3 aromatic heterocycles. The van der Waals surface area contributed by atoms with E-state index in [0.717, 1.165) is 0 Å². The lowest BCUT2D eigenvalue weighted by Crippen LogP contribution is -2.17. The first kappa shape index (κ1) is 12.8. The van der Waals surface area contributed by atoms with Crippen LogP contribution in [0.5, 0.6) is 0 Å². The molecule has 0 atom stereocenters. The Morgan fingerprint density at radius 3 is 2.71 bits per heavy atom. The van der Waals surface area contributed by atoms with Crippen molar-refractivity contribution in [3.05, 3.63) is 43.4 Å². The molecule has 0 fully saturated rings. The maximum absolute atomic E-state index is 5.11. The predicted molar refractivity (Wildman–Crippen MR) is 70.5 cm³/mol. The number of oxime groups is 1. The molecule has 3 rings (SSSR count). The Bertz CT molecular complexity index is 720. The molecule has 10 nitrogen and oxygen atoms in total. The first-order valence-corrected chi connectivity index (χ1v) is 6.11. The molecule has 0 saturated heterocycles. The van der Waals surface area contributed by atoms with Gasteiger partial charge in [-0.2, -0.15) is 14.9 Å². The van der Waals surface area contributed by atoms with Crippen LogP contribution in [0.2, 0.25) is 0 Å². The normalized spacial score (nSPS) is 11.6. The van der Waals surface area contributed by atoms with Gasteiger partial charge < -0.3 is 4.84 Å². The van der Waals surface area contributed by atoms with E-state index in [1.165, 1.54) is 34.7 Å². The molecule has 21 heavy (non-hydrogen) atoms. The highest BCUT2D eigenvalue weighted by atomic mass is 16.6. The number of aromatic nitrogens is 8. The molecule has 0 radical (unpaired) electrons. The summed E-state index contributed by atoms with van der Waals surface area (Å²) in [4.78, 5) is 21.2. The molecular weight excluding hydrogens is 274 g/mol. The second-order valence-electron chi connectivity index (χ2n) is 3.77. The Morgan fingerprint density at radius 1 is 1.14 bits per heavy atom. The highest BCUT2D eigenvalue weighted by Gasteiger charge is 2.12. The van der Waals surface area contributed by atoms with E-state index in [2.05, 4.69) is 35.3 Å². The largest absolute Gasteiger partial charge is 0.394 e. The van der Waals surface area contributed by atoms with Gasteiger partial charge in [0.25, 0.3) is 0 Å². The van der Waals surface area contributed by atoms with Crippen LogP contribution in [-0.4, -0.2) is 51.9 Å². The molecule has 10 heteroatoms. The lowest BCUT2D eigenvalue weighted by Gasteiger charge is -2.06. The smallest absolute Gasteiger partial charge is 0.220 e. The molecule has 0 unspecified atom stereocenters. The van der Waals surface area contributed by atoms with Gasteiger partial charge in [0.1, 0.15) is 43.9 Å². The Morgan fingerprint density at radius 2 is 2.00 bits per heavy atom.